The number of aromatic nitrogens is 2. The molecule has 102 valence electrons. The van der Waals surface area contributed by atoms with E-state index < -0.39 is 0 Å². The van der Waals surface area contributed by atoms with Gasteiger partial charge in [-0.05, 0) is 37.7 Å². The van der Waals surface area contributed by atoms with Crippen LogP contribution < -0.4 is 5.32 Å². The Morgan fingerprint density at radius 2 is 2.22 bits per heavy atom. The van der Waals surface area contributed by atoms with E-state index >= 15 is 0 Å². The average Bonchev–Trinajstić information content (AvgIpc) is 2.78. The number of aliphatic hydroxyl groups is 1. The highest BCUT2D eigenvalue weighted by molar-refractivity contribution is 7.08. The molecule has 0 aliphatic heterocycles. The number of nitrogens with zero attached hydrogens (tertiary/aromatic N) is 2. The third-order valence-corrected chi connectivity index (χ3v) is 3.87. The highest BCUT2D eigenvalue weighted by Gasteiger charge is 2.26. The van der Waals surface area contributed by atoms with Crippen molar-refractivity contribution in [2.24, 2.45) is 0 Å². The van der Waals surface area contributed by atoms with Crippen LogP contribution in [0.4, 0.5) is 0 Å². The Labute approximate surface area is 112 Å². The van der Waals surface area contributed by atoms with Crippen LogP contribution in [0, 0.1) is 0 Å². The first-order valence-electron chi connectivity index (χ1n) is 6.31. The minimum absolute atomic E-state index is 0.0629. The summed E-state index contributed by atoms with van der Waals surface area (Å²) in [4.78, 5) is 12.8. The van der Waals surface area contributed by atoms with Crippen molar-refractivity contribution in [3.8, 4) is 0 Å². The van der Waals surface area contributed by atoms with Gasteiger partial charge in [0.05, 0.1) is 5.69 Å². The van der Waals surface area contributed by atoms with Crippen LogP contribution in [0.25, 0.3) is 0 Å². The smallest absolute Gasteiger partial charge is 0.265 e. The van der Waals surface area contributed by atoms with Gasteiger partial charge in [-0.1, -0.05) is 24.8 Å². The van der Waals surface area contributed by atoms with Crippen molar-refractivity contribution >= 4 is 17.4 Å². The van der Waals surface area contributed by atoms with E-state index in [1.807, 2.05) is 20.8 Å². The number of carbonyl (C=O) groups is 1. The minimum Gasteiger partial charge on any atom is -0.396 e. The molecule has 5 nitrogen and oxygen atoms in total. The summed E-state index contributed by atoms with van der Waals surface area (Å²) < 4.78 is 3.85. The fourth-order valence-electron chi connectivity index (χ4n) is 1.69. The molecule has 1 heterocycles. The van der Waals surface area contributed by atoms with E-state index in [-0.39, 0.29) is 18.1 Å². The van der Waals surface area contributed by atoms with Crippen LogP contribution in [-0.4, -0.2) is 32.7 Å². The lowest BCUT2D eigenvalue weighted by molar-refractivity contribution is 0.0889. The van der Waals surface area contributed by atoms with Gasteiger partial charge in [-0.3, -0.25) is 4.79 Å². The first-order valence-corrected chi connectivity index (χ1v) is 7.08. The minimum atomic E-state index is -0.376. The Bertz CT molecular complexity index is 394. The van der Waals surface area contributed by atoms with Crippen LogP contribution in [0.3, 0.4) is 0 Å². The topological polar surface area (TPSA) is 75.1 Å². The number of carbonyl (C=O) groups excluding carboxylic acids is 1. The molecule has 2 N–H and O–H groups in total. The third-order valence-electron chi connectivity index (χ3n) is 3.11. The van der Waals surface area contributed by atoms with E-state index in [1.165, 1.54) is 0 Å². The number of aliphatic hydroxyl groups excluding tert-OH is 1. The molecular weight excluding hydrogens is 250 g/mol. The number of nitrogens with one attached hydrogen (secondary N) is 1. The summed E-state index contributed by atoms with van der Waals surface area (Å²) in [6, 6.07) is 0. The van der Waals surface area contributed by atoms with Gasteiger partial charge in [0.1, 0.15) is 4.88 Å². The summed E-state index contributed by atoms with van der Waals surface area (Å²) in [5.41, 5.74) is 0.390. The van der Waals surface area contributed by atoms with Gasteiger partial charge in [0.25, 0.3) is 5.91 Å². The summed E-state index contributed by atoms with van der Waals surface area (Å²) in [5.74, 6) is -0.133. The lowest BCUT2D eigenvalue weighted by atomic mass is 9.95. The maximum atomic E-state index is 12.2. The fourth-order valence-corrected chi connectivity index (χ4v) is 2.29. The van der Waals surface area contributed by atoms with Crippen molar-refractivity contribution in [1.82, 2.24) is 14.9 Å². The van der Waals surface area contributed by atoms with Crippen LogP contribution in [-0.2, 0) is 6.42 Å². The summed E-state index contributed by atoms with van der Waals surface area (Å²) in [6.07, 6.45) is 3.02. The normalized spacial score (nSPS) is 14.2. The van der Waals surface area contributed by atoms with Gasteiger partial charge in [0.2, 0.25) is 0 Å². The zero-order chi connectivity index (χ0) is 13.6. The summed E-state index contributed by atoms with van der Waals surface area (Å²) >= 11 is 1.13. The molecule has 0 radical (unpaired) electrons. The predicted octanol–water partition coefficient (Wildman–Crippen LogP) is 1.77. The van der Waals surface area contributed by atoms with Crippen LogP contribution in [0.1, 0.15) is 55.4 Å². The van der Waals surface area contributed by atoms with E-state index in [0.29, 0.717) is 11.3 Å². The van der Waals surface area contributed by atoms with E-state index in [1.54, 1.807) is 0 Å². The molecule has 1 amide bonds. The van der Waals surface area contributed by atoms with Gasteiger partial charge in [-0.15, -0.1) is 5.10 Å². The molecule has 0 aliphatic carbocycles. The van der Waals surface area contributed by atoms with Crippen molar-refractivity contribution in [2.45, 2.75) is 52.0 Å². The molecule has 1 unspecified atom stereocenters. The van der Waals surface area contributed by atoms with Gasteiger partial charge in [-0.25, -0.2) is 0 Å². The summed E-state index contributed by atoms with van der Waals surface area (Å²) in [5, 5.41) is 16.0. The zero-order valence-corrected chi connectivity index (χ0v) is 12.0. The summed E-state index contributed by atoms with van der Waals surface area (Å²) in [6.45, 7) is 6.04. The van der Waals surface area contributed by atoms with Crippen molar-refractivity contribution in [1.29, 1.82) is 0 Å². The van der Waals surface area contributed by atoms with Crippen LogP contribution in [0.5, 0.6) is 0 Å². The molecule has 0 fully saturated rings. The van der Waals surface area contributed by atoms with E-state index in [2.05, 4.69) is 14.9 Å². The molecule has 0 saturated heterocycles. The second kappa shape index (κ2) is 6.80. The van der Waals surface area contributed by atoms with Gasteiger partial charge < -0.3 is 10.4 Å². The van der Waals surface area contributed by atoms with Crippen molar-refractivity contribution in [3.63, 3.8) is 0 Å². The molecule has 1 rings (SSSR count). The maximum Gasteiger partial charge on any atom is 0.265 e. The second-order valence-electron chi connectivity index (χ2n) is 4.64. The molecule has 1 aromatic rings. The second-order valence-corrected chi connectivity index (χ2v) is 5.39. The lowest BCUT2D eigenvalue weighted by Gasteiger charge is -2.28. The van der Waals surface area contributed by atoms with Gasteiger partial charge in [0.15, 0.2) is 0 Å². The Balaban J connectivity index is 2.77. The van der Waals surface area contributed by atoms with E-state index in [4.69, 9.17) is 5.11 Å². The first kappa shape index (κ1) is 15.0. The largest absolute Gasteiger partial charge is 0.396 e. The highest BCUT2D eigenvalue weighted by Crippen LogP contribution is 2.18. The number of hydrogen-bond donors (Lipinski definition) is 2. The Morgan fingerprint density at radius 1 is 1.50 bits per heavy atom. The van der Waals surface area contributed by atoms with E-state index in [9.17, 15) is 4.79 Å². The number of amides is 1. The van der Waals surface area contributed by atoms with Crippen molar-refractivity contribution in [2.75, 3.05) is 6.61 Å². The molecule has 0 aromatic carbocycles. The molecule has 6 heteroatoms. The molecule has 0 spiro atoms. The molecule has 0 aliphatic rings. The van der Waals surface area contributed by atoms with Crippen LogP contribution in [0.15, 0.2) is 0 Å². The maximum absolute atomic E-state index is 12.2. The fraction of sp³-hybridized carbons (Fsp3) is 0.750. The predicted molar refractivity (Wildman–Crippen MR) is 71.8 cm³/mol. The number of aryl methyl sites for hydroxylation is 1. The number of hydrogen-bond acceptors (Lipinski definition) is 5. The molecule has 0 saturated carbocycles. The third kappa shape index (κ3) is 3.74. The highest BCUT2D eigenvalue weighted by atomic mass is 32.1. The Hall–Kier alpha value is -1.01. The monoisotopic (exact) mass is 271 g/mol. The first-order chi connectivity index (χ1) is 8.56. The van der Waals surface area contributed by atoms with Gasteiger partial charge in [-0.2, -0.15) is 0 Å². The van der Waals surface area contributed by atoms with E-state index in [0.717, 1.165) is 36.5 Å². The standard InChI is InChI=1S/C12H21N3O2S/c1-4-6-9-10(18-15-14-9)11(17)13-12(3,5-2)7-8-16/h16H,4-8H2,1-3H3,(H,13,17). The number of rotatable bonds is 7. The summed E-state index contributed by atoms with van der Waals surface area (Å²) in [7, 11) is 0. The SMILES string of the molecule is CCCc1nnsc1C(=O)NC(C)(CC)CCO. The van der Waals surface area contributed by atoms with Gasteiger partial charge >= 0.3 is 0 Å². The zero-order valence-electron chi connectivity index (χ0n) is 11.2. The van der Waals surface area contributed by atoms with Gasteiger partial charge in [0, 0.05) is 12.1 Å². The van der Waals surface area contributed by atoms with Crippen LogP contribution in [0.2, 0.25) is 0 Å². The molecule has 1 atom stereocenters. The molecule has 0 bridgehead atoms. The van der Waals surface area contributed by atoms with Crippen molar-refractivity contribution < 1.29 is 9.90 Å². The van der Waals surface area contributed by atoms with Crippen LogP contribution >= 0.6 is 11.5 Å². The average molecular weight is 271 g/mol. The Kier molecular flexibility index (Phi) is 5.68. The lowest BCUT2D eigenvalue weighted by Crippen LogP contribution is -2.46. The molecule has 18 heavy (non-hydrogen) atoms. The molecule has 1 aromatic heterocycles. The Morgan fingerprint density at radius 3 is 2.78 bits per heavy atom. The van der Waals surface area contributed by atoms with Crippen molar-refractivity contribution in [3.05, 3.63) is 10.6 Å². The quantitative estimate of drug-likeness (QED) is 0.792. The molecular formula is C12H21N3O2S.